The molecule has 0 atom stereocenters. The Balaban J connectivity index is 1.88. The summed E-state index contributed by atoms with van der Waals surface area (Å²) in [7, 11) is 0. The first-order chi connectivity index (χ1) is 9.81. The predicted molar refractivity (Wildman–Crippen MR) is 71.7 cm³/mol. The number of tetrazole rings is 1. The van der Waals surface area contributed by atoms with Crippen LogP contribution in [0.2, 0.25) is 0 Å². The highest BCUT2D eigenvalue weighted by molar-refractivity contribution is 5.96. The van der Waals surface area contributed by atoms with Gasteiger partial charge in [-0.1, -0.05) is 19.3 Å². The first-order valence-electron chi connectivity index (χ1n) is 6.76. The maximum atomic E-state index is 12.7. The van der Waals surface area contributed by atoms with E-state index in [2.05, 4.69) is 25.8 Å². The molecule has 0 radical (unpaired) electrons. The third-order valence-corrected chi connectivity index (χ3v) is 3.81. The summed E-state index contributed by atoms with van der Waals surface area (Å²) in [4.78, 5) is 16.7. The van der Waals surface area contributed by atoms with Gasteiger partial charge in [0.1, 0.15) is 11.9 Å². The van der Waals surface area contributed by atoms with Crippen LogP contribution >= 0.6 is 0 Å². The number of aromatic nitrogens is 5. The van der Waals surface area contributed by atoms with Crippen molar-refractivity contribution in [1.82, 2.24) is 25.2 Å². The van der Waals surface area contributed by atoms with E-state index in [0.717, 1.165) is 32.1 Å². The minimum Gasteiger partial charge on any atom is -0.323 e. The maximum Gasteiger partial charge on any atom is 0.252 e. The first-order valence-corrected chi connectivity index (χ1v) is 6.76. The lowest BCUT2D eigenvalue weighted by molar-refractivity contribution is -0.126. The van der Waals surface area contributed by atoms with E-state index in [0.29, 0.717) is 5.69 Å². The van der Waals surface area contributed by atoms with Crippen molar-refractivity contribution in [3.05, 3.63) is 30.9 Å². The van der Waals surface area contributed by atoms with E-state index in [-0.39, 0.29) is 5.91 Å². The fourth-order valence-electron chi connectivity index (χ4n) is 2.74. The normalized spacial score (nSPS) is 17.6. The number of nitrogens with zero attached hydrogens (tertiary/aromatic N) is 5. The molecule has 2 aromatic rings. The molecule has 1 fully saturated rings. The first kappa shape index (κ1) is 12.7. The number of hydrogen-bond donors (Lipinski definition) is 1. The molecule has 1 saturated carbocycles. The van der Waals surface area contributed by atoms with Gasteiger partial charge in [0.05, 0.1) is 11.9 Å². The van der Waals surface area contributed by atoms with Crippen molar-refractivity contribution in [2.45, 2.75) is 37.6 Å². The molecular weight excluding hydrogens is 256 g/mol. The summed E-state index contributed by atoms with van der Waals surface area (Å²) in [5.41, 5.74) is 0.00735. The average Bonchev–Trinajstić information content (AvgIpc) is 3.04. The Labute approximate surface area is 116 Å². The molecule has 1 aliphatic carbocycles. The van der Waals surface area contributed by atoms with Crippen molar-refractivity contribution in [3.8, 4) is 0 Å². The molecular formula is C13H16N6O. The molecule has 7 heteroatoms. The summed E-state index contributed by atoms with van der Waals surface area (Å²) < 4.78 is 1.60. The molecule has 0 saturated heterocycles. The second-order valence-corrected chi connectivity index (χ2v) is 5.04. The van der Waals surface area contributed by atoms with Gasteiger partial charge in [0, 0.05) is 6.20 Å². The molecule has 3 rings (SSSR count). The predicted octanol–water partition coefficient (Wildman–Crippen LogP) is 1.37. The molecule has 0 bridgehead atoms. The number of nitrogens with one attached hydrogen (secondary N) is 1. The zero-order valence-electron chi connectivity index (χ0n) is 11.1. The Morgan fingerprint density at radius 2 is 2.15 bits per heavy atom. The third-order valence-electron chi connectivity index (χ3n) is 3.81. The van der Waals surface area contributed by atoms with Crippen LogP contribution in [0, 0.1) is 0 Å². The van der Waals surface area contributed by atoms with Crippen LogP contribution in [-0.4, -0.2) is 31.1 Å². The molecule has 0 aromatic carbocycles. The van der Waals surface area contributed by atoms with Gasteiger partial charge in [0.15, 0.2) is 0 Å². The van der Waals surface area contributed by atoms with Gasteiger partial charge in [-0.05, 0) is 35.4 Å². The quantitative estimate of drug-likeness (QED) is 0.912. The van der Waals surface area contributed by atoms with E-state index in [9.17, 15) is 4.79 Å². The number of carbonyl (C=O) groups excluding carboxylic acids is 1. The third kappa shape index (κ3) is 2.26. The van der Waals surface area contributed by atoms with Crippen LogP contribution in [0.1, 0.15) is 32.1 Å². The minimum absolute atomic E-state index is 0.0718. The number of anilines is 1. The van der Waals surface area contributed by atoms with Crippen LogP contribution < -0.4 is 5.32 Å². The number of pyridine rings is 1. The lowest BCUT2D eigenvalue weighted by Crippen LogP contribution is -2.47. The Kier molecular flexibility index (Phi) is 3.41. The van der Waals surface area contributed by atoms with Gasteiger partial charge >= 0.3 is 0 Å². The molecule has 1 aliphatic rings. The van der Waals surface area contributed by atoms with E-state index >= 15 is 0 Å². The van der Waals surface area contributed by atoms with E-state index in [1.165, 1.54) is 6.33 Å². The van der Waals surface area contributed by atoms with Crippen molar-refractivity contribution in [1.29, 1.82) is 0 Å². The van der Waals surface area contributed by atoms with Crippen molar-refractivity contribution in [3.63, 3.8) is 0 Å². The molecule has 104 valence electrons. The Bertz CT molecular complexity index is 562. The van der Waals surface area contributed by atoms with Crippen LogP contribution in [-0.2, 0) is 10.3 Å². The monoisotopic (exact) mass is 272 g/mol. The highest BCUT2D eigenvalue weighted by atomic mass is 16.2. The van der Waals surface area contributed by atoms with E-state index < -0.39 is 5.54 Å². The van der Waals surface area contributed by atoms with Crippen LogP contribution in [0.25, 0.3) is 0 Å². The Morgan fingerprint density at radius 3 is 2.80 bits per heavy atom. The average molecular weight is 272 g/mol. The summed E-state index contributed by atoms with van der Waals surface area (Å²) in [6.45, 7) is 0. The van der Waals surface area contributed by atoms with Gasteiger partial charge < -0.3 is 5.32 Å². The van der Waals surface area contributed by atoms with Crippen LogP contribution in [0.3, 0.4) is 0 Å². The van der Waals surface area contributed by atoms with Crippen molar-refractivity contribution in [2.75, 3.05) is 5.32 Å². The topological polar surface area (TPSA) is 85.6 Å². The molecule has 1 amide bonds. The smallest absolute Gasteiger partial charge is 0.252 e. The number of carbonyl (C=O) groups is 1. The van der Waals surface area contributed by atoms with E-state index in [1.54, 1.807) is 23.1 Å². The van der Waals surface area contributed by atoms with Crippen molar-refractivity contribution < 1.29 is 4.79 Å². The summed E-state index contributed by atoms with van der Waals surface area (Å²) in [5, 5.41) is 14.2. The summed E-state index contributed by atoms with van der Waals surface area (Å²) in [6.07, 6.45) is 9.48. The van der Waals surface area contributed by atoms with Crippen LogP contribution in [0.4, 0.5) is 5.69 Å². The molecule has 20 heavy (non-hydrogen) atoms. The molecule has 1 N–H and O–H groups in total. The van der Waals surface area contributed by atoms with Gasteiger partial charge in [0.25, 0.3) is 5.91 Å². The van der Waals surface area contributed by atoms with Crippen molar-refractivity contribution >= 4 is 11.6 Å². The highest BCUT2D eigenvalue weighted by Gasteiger charge is 2.42. The largest absolute Gasteiger partial charge is 0.323 e. The zero-order valence-corrected chi connectivity index (χ0v) is 11.1. The Morgan fingerprint density at radius 1 is 1.30 bits per heavy atom. The van der Waals surface area contributed by atoms with E-state index in [1.807, 2.05) is 6.07 Å². The fourth-order valence-corrected chi connectivity index (χ4v) is 2.74. The summed E-state index contributed by atoms with van der Waals surface area (Å²) in [5.74, 6) is -0.0718. The molecule has 2 heterocycles. The molecule has 2 aromatic heterocycles. The van der Waals surface area contributed by atoms with Crippen LogP contribution in [0.5, 0.6) is 0 Å². The van der Waals surface area contributed by atoms with Gasteiger partial charge in [-0.3, -0.25) is 9.78 Å². The van der Waals surface area contributed by atoms with Crippen molar-refractivity contribution in [2.24, 2.45) is 0 Å². The number of rotatable bonds is 3. The summed E-state index contributed by atoms with van der Waals surface area (Å²) >= 11 is 0. The zero-order chi connectivity index (χ0) is 13.8. The lowest BCUT2D eigenvalue weighted by Gasteiger charge is -2.34. The SMILES string of the molecule is O=C(Nc1cccnc1)C1(n2cnnn2)CCCCC1. The van der Waals surface area contributed by atoms with Gasteiger partial charge in [-0.2, -0.15) is 0 Å². The second kappa shape index (κ2) is 5.36. The maximum absolute atomic E-state index is 12.7. The number of amides is 1. The fraction of sp³-hybridized carbons (Fsp3) is 0.462. The minimum atomic E-state index is -0.683. The van der Waals surface area contributed by atoms with Gasteiger partial charge in [0.2, 0.25) is 0 Å². The van der Waals surface area contributed by atoms with Gasteiger partial charge in [-0.15, -0.1) is 5.10 Å². The molecule has 0 spiro atoms. The van der Waals surface area contributed by atoms with Crippen LogP contribution in [0.15, 0.2) is 30.9 Å². The summed E-state index contributed by atoms with van der Waals surface area (Å²) in [6, 6.07) is 3.61. The van der Waals surface area contributed by atoms with E-state index in [4.69, 9.17) is 0 Å². The number of hydrogen-bond acceptors (Lipinski definition) is 5. The molecule has 0 unspecified atom stereocenters. The highest BCUT2D eigenvalue weighted by Crippen LogP contribution is 2.35. The van der Waals surface area contributed by atoms with Gasteiger partial charge in [-0.25, -0.2) is 4.68 Å². The molecule has 0 aliphatic heterocycles. The lowest BCUT2D eigenvalue weighted by atomic mass is 9.81. The standard InChI is InChI=1S/C13H16N6O/c20-12(16-11-5-4-8-14-9-11)13(6-2-1-3-7-13)19-10-15-17-18-19/h4-5,8-10H,1-3,6-7H2,(H,16,20). The Hall–Kier alpha value is -2.31. The second-order valence-electron chi connectivity index (χ2n) is 5.04. The molecule has 7 nitrogen and oxygen atoms in total.